The second-order valence-electron chi connectivity index (χ2n) is 5.26. The molecule has 1 aliphatic rings. The molecule has 1 heterocycles. The number of nitrogens with zero attached hydrogens (tertiary/aromatic N) is 1. The molecule has 0 unspecified atom stereocenters. The molecule has 3 nitrogen and oxygen atoms in total. The van der Waals surface area contributed by atoms with Crippen molar-refractivity contribution in [3.63, 3.8) is 0 Å². The number of benzene rings is 1. The van der Waals surface area contributed by atoms with Crippen LogP contribution in [0.5, 0.6) is 5.75 Å². The van der Waals surface area contributed by atoms with Gasteiger partial charge < -0.3 is 15.4 Å². The summed E-state index contributed by atoms with van der Waals surface area (Å²) in [6.45, 7) is 4.04. The summed E-state index contributed by atoms with van der Waals surface area (Å²) in [5.74, 6) is 1.08. The zero-order valence-electron chi connectivity index (χ0n) is 11.8. The van der Waals surface area contributed by atoms with Gasteiger partial charge in [-0.05, 0) is 18.8 Å². The van der Waals surface area contributed by atoms with Gasteiger partial charge in [0.1, 0.15) is 11.6 Å². The van der Waals surface area contributed by atoms with Crippen LogP contribution < -0.4 is 15.4 Å². The van der Waals surface area contributed by atoms with Crippen molar-refractivity contribution in [2.75, 3.05) is 30.8 Å². The molecule has 0 aromatic heterocycles. The third-order valence-corrected chi connectivity index (χ3v) is 3.95. The Kier molecular flexibility index (Phi) is 4.51. The number of hydrogen-bond donors (Lipinski definition) is 1. The largest absolute Gasteiger partial charge is 0.495 e. The number of methoxy groups -OCH3 is 1. The predicted molar refractivity (Wildman–Crippen MR) is 77.2 cm³/mol. The van der Waals surface area contributed by atoms with Crippen LogP contribution in [0.15, 0.2) is 12.1 Å². The number of ether oxygens (including phenoxy) is 1. The van der Waals surface area contributed by atoms with Crippen molar-refractivity contribution in [3.05, 3.63) is 17.9 Å². The van der Waals surface area contributed by atoms with E-state index in [0.717, 1.165) is 31.8 Å². The van der Waals surface area contributed by atoms with Crippen molar-refractivity contribution in [1.82, 2.24) is 0 Å². The van der Waals surface area contributed by atoms with Gasteiger partial charge in [0, 0.05) is 25.2 Å². The molecule has 1 saturated heterocycles. The maximum atomic E-state index is 14.0. The lowest BCUT2D eigenvalue weighted by atomic mass is 9.92. The first-order valence-corrected chi connectivity index (χ1v) is 7.03. The lowest BCUT2D eigenvalue weighted by molar-refractivity contribution is 0.375. The molecule has 1 aromatic carbocycles. The summed E-state index contributed by atoms with van der Waals surface area (Å²) in [6.07, 6.45) is 4.79. The summed E-state index contributed by atoms with van der Waals surface area (Å²) in [5, 5.41) is 0. The minimum absolute atomic E-state index is 0.257. The zero-order valence-corrected chi connectivity index (χ0v) is 11.8. The average Bonchev–Trinajstić information content (AvgIpc) is 2.41. The van der Waals surface area contributed by atoms with Gasteiger partial charge in [0.2, 0.25) is 0 Å². The van der Waals surface area contributed by atoms with Gasteiger partial charge in [-0.1, -0.05) is 19.8 Å². The molecule has 106 valence electrons. The summed E-state index contributed by atoms with van der Waals surface area (Å²) in [7, 11) is 1.56. The highest BCUT2D eigenvalue weighted by Crippen LogP contribution is 2.33. The van der Waals surface area contributed by atoms with Crippen LogP contribution in [0.25, 0.3) is 0 Å². The van der Waals surface area contributed by atoms with Crippen LogP contribution in [0, 0.1) is 11.7 Å². The zero-order chi connectivity index (χ0) is 13.8. The molecule has 0 aliphatic carbocycles. The molecular formula is C15H23FN2O. The maximum absolute atomic E-state index is 14.0. The van der Waals surface area contributed by atoms with Crippen molar-refractivity contribution in [3.8, 4) is 5.75 Å². The van der Waals surface area contributed by atoms with Gasteiger partial charge in [0.15, 0.2) is 0 Å². The van der Waals surface area contributed by atoms with E-state index in [2.05, 4.69) is 11.8 Å². The maximum Gasteiger partial charge on any atom is 0.148 e. The number of piperidine rings is 1. The van der Waals surface area contributed by atoms with Crippen LogP contribution in [0.1, 0.15) is 32.6 Å². The molecule has 0 saturated carbocycles. The van der Waals surface area contributed by atoms with Crippen LogP contribution in [-0.4, -0.2) is 20.2 Å². The van der Waals surface area contributed by atoms with Crippen molar-refractivity contribution in [1.29, 1.82) is 0 Å². The molecule has 19 heavy (non-hydrogen) atoms. The monoisotopic (exact) mass is 266 g/mol. The summed E-state index contributed by atoms with van der Waals surface area (Å²) in [6, 6.07) is 3.07. The van der Waals surface area contributed by atoms with Crippen LogP contribution >= 0.6 is 0 Å². The lowest BCUT2D eigenvalue weighted by Gasteiger charge is -2.34. The normalized spacial score (nSPS) is 16.7. The predicted octanol–water partition coefficient (Wildman–Crippen LogP) is 3.43. The number of halogens is 1. The molecule has 0 atom stereocenters. The van der Waals surface area contributed by atoms with Gasteiger partial charge in [-0.25, -0.2) is 4.39 Å². The first kappa shape index (κ1) is 14.0. The molecule has 2 N–H and O–H groups in total. The summed E-state index contributed by atoms with van der Waals surface area (Å²) >= 11 is 0. The fourth-order valence-electron chi connectivity index (χ4n) is 2.85. The number of rotatable bonds is 4. The highest BCUT2D eigenvalue weighted by molar-refractivity contribution is 5.63. The quantitative estimate of drug-likeness (QED) is 0.848. The molecule has 4 heteroatoms. The van der Waals surface area contributed by atoms with E-state index in [1.165, 1.54) is 18.9 Å². The van der Waals surface area contributed by atoms with Gasteiger partial charge in [0.25, 0.3) is 0 Å². The summed E-state index contributed by atoms with van der Waals surface area (Å²) in [5.41, 5.74) is 6.67. The first-order chi connectivity index (χ1) is 9.15. The van der Waals surface area contributed by atoms with Gasteiger partial charge in [-0.15, -0.1) is 0 Å². The molecular weight excluding hydrogens is 243 g/mol. The third kappa shape index (κ3) is 3.11. The molecule has 2 rings (SSSR count). The van der Waals surface area contributed by atoms with Crippen molar-refractivity contribution < 1.29 is 9.13 Å². The minimum atomic E-state index is -0.257. The van der Waals surface area contributed by atoms with E-state index in [9.17, 15) is 4.39 Å². The highest BCUT2D eigenvalue weighted by Gasteiger charge is 2.21. The van der Waals surface area contributed by atoms with Crippen molar-refractivity contribution in [2.24, 2.45) is 5.92 Å². The van der Waals surface area contributed by atoms with Crippen LogP contribution in [0.4, 0.5) is 15.8 Å². The molecule has 0 radical (unpaired) electrons. The van der Waals surface area contributed by atoms with Gasteiger partial charge in [-0.3, -0.25) is 0 Å². The van der Waals surface area contributed by atoms with E-state index in [1.807, 2.05) is 0 Å². The standard InChI is InChI=1S/C15H23FN2O/c1-3-4-11-5-7-18(8-6-11)14-10-15(19-2)13(17)9-12(14)16/h9-11H,3-8,17H2,1-2H3. The van der Waals surface area contributed by atoms with E-state index < -0.39 is 0 Å². The third-order valence-electron chi connectivity index (χ3n) is 3.95. The van der Waals surface area contributed by atoms with E-state index in [-0.39, 0.29) is 5.82 Å². The molecule has 1 fully saturated rings. The Bertz CT molecular complexity index is 428. The smallest absolute Gasteiger partial charge is 0.148 e. The van der Waals surface area contributed by atoms with Crippen LogP contribution in [0.2, 0.25) is 0 Å². The number of nitrogen functional groups attached to an aromatic ring is 1. The SMILES string of the molecule is CCCC1CCN(c2cc(OC)c(N)cc2F)CC1. The first-order valence-electron chi connectivity index (χ1n) is 7.03. The van der Waals surface area contributed by atoms with Gasteiger partial charge in [0.05, 0.1) is 18.5 Å². The molecule has 0 amide bonds. The fourth-order valence-corrected chi connectivity index (χ4v) is 2.85. The van der Waals surface area contributed by atoms with Crippen molar-refractivity contribution >= 4 is 11.4 Å². The molecule has 1 aliphatic heterocycles. The van der Waals surface area contributed by atoms with Crippen LogP contribution in [-0.2, 0) is 0 Å². The lowest BCUT2D eigenvalue weighted by Crippen LogP contribution is -2.34. The number of hydrogen-bond acceptors (Lipinski definition) is 3. The molecule has 0 spiro atoms. The Labute approximate surface area is 114 Å². The second-order valence-corrected chi connectivity index (χ2v) is 5.26. The fraction of sp³-hybridized carbons (Fsp3) is 0.600. The Balaban J connectivity index is 2.11. The molecule has 1 aromatic rings. The second kappa shape index (κ2) is 6.13. The number of nitrogens with two attached hydrogens (primary N) is 1. The van der Waals surface area contributed by atoms with E-state index in [1.54, 1.807) is 13.2 Å². The summed E-state index contributed by atoms with van der Waals surface area (Å²) in [4.78, 5) is 2.10. The summed E-state index contributed by atoms with van der Waals surface area (Å²) < 4.78 is 19.2. The minimum Gasteiger partial charge on any atom is -0.495 e. The van der Waals surface area contributed by atoms with Gasteiger partial charge >= 0.3 is 0 Å². The Morgan fingerprint density at radius 3 is 2.63 bits per heavy atom. The van der Waals surface area contributed by atoms with E-state index in [4.69, 9.17) is 10.5 Å². The van der Waals surface area contributed by atoms with E-state index in [0.29, 0.717) is 17.1 Å². The molecule has 0 bridgehead atoms. The Hall–Kier alpha value is -1.45. The van der Waals surface area contributed by atoms with Crippen molar-refractivity contribution in [2.45, 2.75) is 32.6 Å². The van der Waals surface area contributed by atoms with E-state index >= 15 is 0 Å². The Morgan fingerprint density at radius 1 is 1.37 bits per heavy atom. The van der Waals surface area contributed by atoms with Gasteiger partial charge in [-0.2, -0.15) is 0 Å². The highest BCUT2D eigenvalue weighted by atomic mass is 19.1. The van der Waals surface area contributed by atoms with Crippen LogP contribution in [0.3, 0.4) is 0 Å². The average molecular weight is 266 g/mol. The number of anilines is 2. The topological polar surface area (TPSA) is 38.5 Å². The Morgan fingerprint density at radius 2 is 2.05 bits per heavy atom.